The molecule has 1 N–H and O–H groups in total. The second-order valence-electron chi connectivity index (χ2n) is 8.16. The predicted molar refractivity (Wildman–Crippen MR) is 138 cm³/mol. The zero-order chi connectivity index (χ0) is 23.5. The molecule has 0 spiro atoms. The van der Waals surface area contributed by atoms with Crippen LogP contribution in [0.1, 0.15) is 16.1 Å². The largest absolute Gasteiger partial charge is 0.368 e. The van der Waals surface area contributed by atoms with Crippen molar-refractivity contribution >= 4 is 51.4 Å². The second kappa shape index (κ2) is 9.87. The molecule has 172 valence electrons. The summed E-state index contributed by atoms with van der Waals surface area (Å²) in [6, 6.07) is 23.3. The lowest BCUT2D eigenvalue weighted by molar-refractivity contribution is 0.0947. The topological polar surface area (TPSA) is 61.4 Å². The van der Waals surface area contributed by atoms with Crippen molar-refractivity contribution in [1.29, 1.82) is 0 Å². The van der Waals surface area contributed by atoms with Gasteiger partial charge in [0.1, 0.15) is 0 Å². The Balaban J connectivity index is 1.34. The minimum Gasteiger partial charge on any atom is -0.368 e. The summed E-state index contributed by atoms with van der Waals surface area (Å²) in [6.07, 6.45) is 0. The first-order valence-electron chi connectivity index (χ1n) is 11.1. The van der Waals surface area contributed by atoms with Gasteiger partial charge in [-0.25, -0.2) is 0 Å². The van der Waals surface area contributed by atoms with Crippen molar-refractivity contribution in [2.75, 3.05) is 36.0 Å². The van der Waals surface area contributed by atoms with Crippen LogP contribution in [0.25, 0.3) is 10.8 Å². The first kappa shape index (κ1) is 22.4. The standard InChI is InChI=1S/C26H23Cl2N5O/c27-22-11-10-19(16-23(22)28)32-12-14-33(15-13-32)25-21-9-5-4-8-20(21)24(30-31-25)26(34)29-17-18-6-2-1-3-7-18/h1-11,16H,12-15,17H2,(H,29,34). The van der Waals surface area contributed by atoms with Crippen molar-refractivity contribution in [3.8, 4) is 0 Å². The number of nitrogens with zero attached hydrogens (tertiary/aromatic N) is 4. The van der Waals surface area contributed by atoms with E-state index in [4.69, 9.17) is 23.2 Å². The molecular weight excluding hydrogens is 469 g/mol. The van der Waals surface area contributed by atoms with E-state index >= 15 is 0 Å². The number of rotatable bonds is 5. The number of hydrogen-bond donors (Lipinski definition) is 1. The normalized spacial score (nSPS) is 13.8. The number of amides is 1. The molecule has 5 rings (SSSR count). The number of nitrogens with one attached hydrogen (secondary N) is 1. The van der Waals surface area contributed by atoms with Crippen LogP contribution in [0.15, 0.2) is 72.8 Å². The molecule has 1 aliphatic heterocycles. The van der Waals surface area contributed by atoms with Crippen LogP contribution < -0.4 is 15.1 Å². The highest BCUT2D eigenvalue weighted by molar-refractivity contribution is 6.42. The summed E-state index contributed by atoms with van der Waals surface area (Å²) in [5.41, 5.74) is 2.42. The molecule has 0 saturated carbocycles. The van der Waals surface area contributed by atoms with Gasteiger partial charge in [-0.3, -0.25) is 4.79 Å². The molecule has 1 fully saturated rings. The van der Waals surface area contributed by atoms with Crippen LogP contribution in [0, 0.1) is 0 Å². The highest BCUT2D eigenvalue weighted by Gasteiger charge is 2.23. The van der Waals surface area contributed by atoms with Crippen molar-refractivity contribution in [2.45, 2.75) is 6.54 Å². The quantitative estimate of drug-likeness (QED) is 0.416. The van der Waals surface area contributed by atoms with Gasteiger partial charge in [-0.05, 0) is 23.8 Å². The Labute approximate surface area is 208 Å². The third kappa shape index (κ3) is 4.65. The van der Waals surface area contributed by atoms with Crippen LogP contribution >= 0.6 is 23.2 Å². The molecule has 0 atom stereocenters. The number of fused-ring (bicyclic) bond motifs is 1. The minimum atomic E-state index is -0.233. The van der Waals surface area contributed by atoms with Crippen LogP contribution in [0.4, 0.5) is 11.5 Å². The fraction of sp³-hybridized carbons (Fsp3) is 0.192. The van der Waals surface area contributed by atoms with Gasteiger partial charge in [0, 0.05) is 49.2 Å². The number of piperazine rings is 1. The maximum absolute atomic E-state index is 12.9. The van der Waals surface area contributed by atoms with E-state index in [2.05, 4.69) is 25.3 Å². The second-order valence-corrected chi connectivity index (χ2v) is 8.97. The summed E-state index contributed by atoms with van der Waals surface area (Å²) >= 11 is 12.3. The number of benzene rings is 3. The number of anilines is 2. The fourth-order valence-electron chi connectivity index (χ4n) is 4.21. The summed E-state index contributed by atoms with van der Waals surface area (Å²) in [5, 5.41) is 14.6. The van der Waals surface area contributed by atoms with Crippen LogP contribution in [-0.2, 0) is 6.54 Å². The molecule has 0 aliphatic carbocycles. The molecule has 1 amide bonds. The van der Waals surface area contributed by atoms with Crippen LogP contribution in [0.5, 0.6) is 0 Å². The zero-order valence-corrected chi connectivity index (χ0v) is 19.9. The Morgan fingerprint density at radius 2 is 1.47 bits per heavy atom. The summed E-state index contributed by atoms with van der Waals surface area (Å²) in [4.78, 5) is 17.4. The third-order valence-electron chi connectivity index (χ3n) is 6.03. The van der Waals surface area contributed by atoms with E-state index in [0.29, 0.717) is 22.3 Å². The number of carbonyl (C=O) groups is 1. The van der Waals surface area contributed by atoms with Crippen LogP contribution in [-0.4, -0.2) is 42.3 Å². The molecule has 8 heteroatoms. The molecule has 3 aromatic carbocycles. The molecule has 0 unspecified atom stereocenters. The van der Waals surface area contributed by atoms with E-state index in [9.17, 15) is 4.79 Å². The van der Waals surface area contributed by atoms with E-state index in [1.807, 2.05) is 72.8 Å². The fourth-order valence-corrected chi connectivity index (χ4v) is 4.50. The van der Waals surface area contributed by atoms with Gasteiger partial charge in [-0.15, -0.1) is 10.2 Å². The van der Waals surface area contributed by atoms with Crippen LogP contribution in [0.2, 0.25) is 10.0 Å². The average Bonchev–Trinajstić information content (AvgIpc) is 2.89. The highest BCUT2D eigenvalue weighted by Crippen LogP contribution is 2.30. The van der Waals surface area contributed by atoms with Gasteiger partial charge >= 0.3 is 0 Å². The Morgan fingerprint density at radius 1 is 0.794 bits per heavy atom. The Bertz CT molecular complexity index is 1320. The number of halogens is 2. The van der Waals surface area contributed by atoms with Crippen molar-refractivity contribution in [1.82, 2.24) is 15.5 Å². The van der Waals surface area contributed by atoms with Crippen molar-refractivity contribution < 1.29 is 4.79 Å². The van der Waals surface area contributed by atoms with Gasteiger partial charge in [0.05, 0.1) is 10.0 Å². The Morgan fingerprint density at radius 3 is 2.21 bits per heavy atom. The lowest BCUT2D eigenvalue weighted by atomic mass is 10.1. The van der Waals surface area contributed by atoms with E-state index in [1.54, 1.807) is 0 Å². The molecule has 1 saturated heterocycles. The summed E-state index contributed by atoms with van der Waals surface area (Å²) < 4.78 is 0. The molecule has 6 nitrogen and oxygen atoms in total. The first-order valence-corrected chi connectivity index (χ1v) is 11.9. The number of hydrogen-bond acceptors (Lipinski definition) is 5. The molecule has 1 aliphatic rings. The molecule has 2 heterocycles. The smallest absolute Gasteiger partial charge is 0.272 e. The lowest BCUT2D eigenvalue weighted by Gasteiger charge is -2.37. The zero-order valence-electron chi connectivity index (χ0n) is 18.4. The number of carbonyl (C=O) groups excluding carboxylic acids is 1. The first-order chi connectivity index (χ1) is 16.6. The van der Waals surface area contributed by atoms with E-state index < -0.39 is 0 Å². The molecule has 0 radical (unpaired) electrons. The number of aromatic nitrogens is 2. The van der Waals surface area contributed by atoms with Crippen molar-refractivity contribution in [3.63, 3.8) is 0 Å². The van der Waals surface area contributed by atoms with Gasteiger partial charge in [0.15, 0.2) is 11.5 Å². The SMILES string of the molecule is O=C(NCc1ccccc1)c1nnc(N2CCN(c3ccc(Cl)c(Cl)c3)CC2)c2ccccc12. The molecule has 1 aromatic heterocycles. The molecular formula is C26H23Cl2N5O. The molecule has 4 aromatic rings. The lowest BCUT2D eigenvalue weighted by Crippen LogP contribution is -2.47. The minimum absolute atomic E-state index is 0.233. The van der Waals surface area contributed by atoms with Crippen molar-refractivity contribution in [3.05, 3.63) is 94.1 Å². The van der Waals surface area contributed by atoms with Gasteiger partial charge < -0.3 is 15.1 Å². The van der Waals surface area contributed by atoms with Crippen molar-refractivity contribution in [2.24, 2.45) is 0 Å². The summed E-state index contributed by atoms with van der Waals surface area (Å²) in [5.74, 6) is 0.563. The van der Waals surface area contributed by atoms with Gasteiger partial charge in [0.25, 0.3) is 5.91 Å². The molecule has 0 bridgehead atoms. The summed E-state index contributed by atoms with van der Waals surface area (Å²) in [6.45, 7) is 3.62. The van der Waals surface area contributed by atoms with Gasteiger partial charge in [-0.1, -0.05) is 77.8 Å². The monoisotopic (exact) mass is 491 g/mol. The van der Waals surface area contributed by atoms with Gasteiger partial charge in [-0.2, -0.15) is 0 Å². The highest BCUT2D eigenvalue weighted by atomic mass is 35.5. The van der Waals surface area contributed by atoms with E-state index in [1.165, 1.54) is 0 Å². The van der Waals surface area contributed by atoms with Gasteiger partial charge in [0.2, 0.25) is 0 Å². The van der Waals surface area contributed by atoms with E-state index in [-0.39, 0.29) is 5.91 Å². The molecule has 34 heavy (non-hydrogen) atoms. The Hall–Kier alpha value is -3.35. The van der Waals surface area contributed by atoms with E-state index in [0.717, 1.165) is 54.0 Å². The maximum atomic E-state index is 12.9. The summed E-state index contributed by atoms with van der Waals surface area (Å²) in [7, 11) is 0. The Kier molecular flexibility index (Phi) is 6.52. The average molecular weight is 492 g/mol. The van der Waals surface area contributed by atoms with Crippen LogP contribution in [0.3, 0.4) is 0 Å². The predicted octanol–water partition coefficient (Wildman–Crippen LogP) is 5.19. The maximum Gasteiger partial charge on any atom is 0.272 e. The third-order valence-corrected chi connectivity index (χ3v) is 6.77.